The first-order chi connectivity index (χ1) is 22.8. The summed E-state index contributed by atoms with van der Waals surface area (Å²) in [6.07, 6.45) is -3.46. The predicted molar refractivity (Wildman–Crippen MR) is 178 cm³/mol. The Morgan fingerprint density at radius 1 is 1.04 bits per heavy atom. The molecule has 1 amide bonds. The molecule has 0 bridgehead atoms. The van der Waals surface area contributed by atoms with Crippen LogP contribution in [-0.2, 0) is 21.8 Å². The minimum absolute atomic E-state index is 0. The Labute approximate surface area is 294 Å². The number of hydrogen-bond acceptors (Lipinski definition) is 8. The maximum absolute atomic E-state index is 14.6. The zero-order valence-corrected chi connectivity index (χ0v) is 29.4. The van der Waals surface area contributed by atoms with Crippen molar-refractivity contribution in [3.8, 4) is 11.5 Å². The largest absolute Gasteiger partial charge is 0.490 e. The smallest absolute Gasteiger partial charge is 0.477 e. The molecule has 0 aliphatic heterocycles. The van der Waals surface area contributed by atoms with Gasteiger partial charge in [0, 0.05) is 30.5 Å². The minimum Gasteiger partial charge on any atom is -0.490 e. The third-order valence-corrected chi connectivity index (χ3v) is 8.08. The van der Waals surface area contributed by atoms with Gasteiger partial charge in [0.15, 0.2) is 19.1 Å². The number of anilines is 1. The van der Waals surface area contributed by atoms with E-state index in [-0.39, 0.29) is 66.8 Å². The number of carbonyl (C=O) groups excluding carboxylic acids is 1. The van der Waals surface area contributed by atoms with E-state index < -0.39 is 45.0 Å². The van der Waals surface area contributed by atoms with Crippen molar-refractivity contribution >= 4 is 53.5 Å². The normalized spacial score (nSPS) is 12.7. The van der Waals surface area contributed by atoms with E-state index in [0.717, 1.165) is 16.7 Å². The summed E-state index contributed by atoms with van der Waals surface area (Å²) < 4.78 is 71.3. The molecular weight excluding hydrogens is 731 g/mol. The predicted octanol–water partition coefficient (Wildman–Crippen LogP) is 5.20. The van der Waals surface area contributed by atoms with E-state index in [0.29, 0.717) is 5.56 Å². The van der Waals surface area contributed by atoms with E-state index in [4.69, 9.17) is 42.5 Å². The number of benzene rings is 2. The number of nitrogens with zero attached hydrogens (tertiary/aromatic N) is 2. The summed E-state index contributed by atoms with van der Waals surface area (Å²) in [5, 5.41) is 16.7. The van der Waals surface area contributed by atoms with Crippen LogP contribution in [0.25, 0.3) is 10.9 Å². The van der Waals surface area contributed by atoms with Gasteiger partial charge in [0.25, 0.3) is 17.1 Å². The van der Waals surface area contributed by atoms with Crippen molar-refractivity contribution in [1.82, 2.24) is 10.3 Å². The summed E-state index contributed by atoms with van der Waals surface area (Å²) in [5.74, 6) is -0.881. The molecule has 0 fully saturated rings. The van der Waals surface area contributed by atoms with Crippen molar-refractivity contribution in [3.63, 3.8) is 0 Å². The molecule has 1 unspecified atom stereocenters. The van der Waals surface area contributed by atoms with Gasteiger partial charge in [0.1, 0.15) is 5.75 Å². The standard InChI is InChI=1S/C31H32Cl2F3N4O8P.H2O/c1-30(2,3)38-14-23(41)17-5-6-18(25(11-17)47-16-48-49(43,44)45)15-40-26(31(34,35)36)10-8-19-20(7-9-24(46-4)28(19)40)29(42)39-27-21(32)12-37-13-22(27)33;/h5-13,23,38,41H,14-16H2,1-4H3,(H2-,37,39,42,43,44,45);1H2/p+1. The first-order valence-electron chi connectivity index (χ1n) is 14.4. The summed E-state index contributed by atoms with van der Waals surface area (Å²) >= 11 is 12.3. The van der Waals surface area contributed by atoms with E-state index in [1.165, 1.54) is 49.8 Å². The second-order valence-electron chi connectivity index (χ2n) is 11.7. The lowest BCUT2D eigenvalue weighted by Gasteiger charge is -2.23. The Balaban J connectivity index is 0.00000676. The number of halogens is 5. The molecule has 1 atom stereocenters. The molecule has 50 heavy (non-hydrogen) atoms. The van der Waals surface area contributed by atoms with Crippen LogP contribution in [-0.4, -0.2) is 57.2 Å². The number of pyridine rings is 2. The number of alkyl halides is 3. The zero-order valence-electron chi connectivity index (χ0n) is 27.0. The van der Waals surface area contributed by atoms with Crippen LogP contribution in [0.4, 0.5) is 18.9 Å². The topological polar surface area (TPSA) is 195 Å². The molecule has 0 spiro atoms. The highest BCUT2D eigenvalue weighted by molar-refractivity contribution is 7.46. The fourth-order valence-electron chi connectivity index (χ4n) is 4.79. The molecule has 7 N–H and O–H groups in total. The van der Waals surface area contributed by atoms with Crippen LogP contribution in [0.3, 0.4) is 0 Å². The van der Waals surface area contributed by atoms with Crippen molar-refractivity contribution in [1.29, 1.82) is 0 Å². The molecule has 0 aliphatic rings. The average molecular weight is 767 g/mol. The maximum Gasteiger partial charge on any atom is 0.477 e. The van der Waals surface area contributed by atoms with Gasteiger partial charge in [-0.2, -0.15) is 17.7 Å². The Morgan fingerprint density at radius 2 is 1.70 bits per heavy atom. The van der Waals surface area contributed by atoms with Gasteiger partial charge in [-0.1, -0.05) is 29.3 Å². The Kier molecular flexibility index (Phi) is 13.2. The number of amides is 1. The third-order valence-electron chi connectivity index (χ3n) is 7.06. The molecule has 2 aromatic carbocycles. The van der Waals surface area contributed by atoms with E-state index in [2.05, 4.69) is 20.1 Å². The van der Waals surface area contributed by atoms with Crippen molar-refractivity contribution in [3.05, 3.63) is 87.3 Å². The van der Waals surface area contributed by atoms with Gasteiger partial charge in [-0.3, -0.25) is 9.78 Å². The number of phosphoric acid groups is 1. The van der Waals surface area contributed by atoms with Gasteiger partial charge < -0.3 is 40.5 Å². The van der Waals surface area contributed by atoms with E-state index in [1.54, 1.807) is 0 Å². The van der Waals surface area contributed by atoms with Crippen LogP contribution in [0, 0.1) is 0 Å². The lowest BCUT2D eigenvalue weighted by atomic mass is 10.0. The second kappa shape index (κ2) is 16.2. The number of nitrogens with one attached hydrogen (secondary N) is 2. The molecule has 4 rings (SSSR count). The van der Waals surface area contributed by atoms with Crippen molar-refractivity contribution in [2.24, 2.45) is 0 Å². The fourth-order valence-corrected chi connectivity index (χ4v) is 5.44. The molecule has 4 aromatic rings. The Bertz CT molecular complexity index is 1890. The number of aliphatic hydroxyl groups is 1. The highest BCUT2D eigenvalue weighted by Gasteiger charge is 2.43. The second-order valence-corrected chi connectivity index (χ2v) is 13.8. The molecule has 13 nitrogen and oxygen atoms in total. The summed E-state index contributed by atoms with van der Waals surface area (Å²) in [4.78, 5) is 35.6. The molecule has 0 saturated carbocycles. The Hall–Kier alpha value is -3.57. The van der Waals surface area contributed by atoms with Gasteiger partial charge in [0.2, 0.25) is 0 Å². The van der Waals surface area contributed by atoms with Gasteiger partial charge in [-0.25, -0.2) is 9.09 Å². The summed E-state index contributed by atoms with van der Waals surface area (Å²) in [6.45, 7) is 4.28. The van der Waals surface area contributed by atoms with E-state index in [1.807, 2.05) is 20.8 Å². The maximum atomic E-state index is 14.6. The van der Waals surface area contributed by atoms with Crippen LogP contribution in [0.15, 0.2) is 54.9 Å². The van der Waals surface area contributed by atoms with Crippen LogP contribution < -0.4 is 24.7 Å². The first kappa shape index (κ1) is 40.9. The minimum atomic E-state index is -4.98. The SMILES string of the molecule is COc1ccc(C(=O)Nc2c(Cl)cncc2Cl)c2ccc(C(F)(F)F)[n+](Cc3ccc(C(O)CNC(C)(C)C)cc3OCOP(=O)(O)O)c12.O. The lowest BCUT2D eigenvalue weighted by Crippen LogP contribution is -2.44. The molecule has 0 radical (unpaired) electrons. The van der Waals surface area contributed by atoms with Gasteiger partial charge >= 0.3 is 14.0 Å². The zero-order chi connectivity index (χ0) is 36.3. The molecule has 19 heteroatoms. The van der Waals surface area contributed by atoms with Crippen molar-refractivity contribution < 1.29 is 61.5 Å². The van der Waals surface area contributed by atoms with Crippen molar-refractivity contribution in [2.45, 2.75) is 45.1 Å². The number of phosphoric ester groups is 1. The first-order valence-corrected chi connectivity index (χ1v) is 16.7. The van der Waals surface area contributed by atoms with Crippen LogP contribution in [0.1, 0.15) is 54.1 Å². The molecular formula is C31H35Cl2F3N4O9P+. The monoisotopic (exact) mass is 765 g/mol. The third kappa shape index (κ3) is 10.2. The number of β-amino-alcohol motifs (C(OH)–C–C–N with tert-alkyl or cyclic N) is 1. The number of aliphatic hydroxyl groups excluding tert-OH is 1. The van der Waals surface area contributed by atoms with Gasteiger partial charge in [-0.05, 0) is 56.7 Å². The summed E-state index contributed by atoms with van der Waals surface area (Å²) in [7, 11) is -3.72. The number of carbonyl (C=O) groups is 1. The summed E-state index contributed by atoms with van der Waals surface area (Å²) in [5.41, 5.74) is -1.17. The Morgan fingerprint density at radius 3 is 2.28 bits per heavy atom. The highest BCUT2D eigenvalue weighted by atomic mass is 35.5. The number of aromatic nitrogens is 2. The molecule has 2 heterocycles. The molecule has 0 saturated heterocycles. The van der Waals surface area contributed by atoms with Gasteiger partial charge in [0.05, 0.1) is 45.5 Å². The quantitative estimate of drug-likeness (QED) is 0.0727. The number of fused-ring (bicyclic) bond motifs is 1. The summed E-state index contributed by atoms with van der Waals surface area (Å²) in [6, 6.07) is 8.87. The van der Waals surface area contributed by atoms with Gasteiger partial charge in [-0.15, -0.1) is 0 Å². The highest BCUT2D eigenvalue weighted by Crippen LogP contribution is 2.37. The lowest BCUT2D eigenvalue weighted by molar-refractivity contribution is -0.682. The van der Waals surface area contributed by atoms with E-state index >= 15 is 0 Å². The van der Waals surface area contributed by atoms with Crippen LogP contribution in [0.2, 0.25) is 10.0 Å². The molecule has 2 aromatic heterocycles. The van der Waals surface area contributed by atoms with Crippen molar-refractivity contribution in [2.75, 3.05) is 25.8 Å². The average Bonchev–Trinajstić information content (AvgIpc) is 3.00. The number of methoxy groups -OCH3 is 1. The number of hydrogen-bond donors (Lipinski definition) is 5. The fraction of sp³-hybridized carbons (Fsp3) is 0.323. The number of rotatable bonds is 12. The van der Waals surface area contributed by atoms with E-state index in [9.17, 15) is 27.6 Å². The molecule has 272 valence electrons. The van der Waals surface area contributed by atoms with Crippen LogP contribution in [0.5, 0.6) is 11.5 Å². The number of ether oxygens (including phenoxy) is 2. The van der Waals surface area contributed by atoms with Crippen LogP contribution >= 0.6 is 31.0 Å². The molecule has 0 aliphatic carbocycles.